The number of carbonyl (C=O) groups excluding carboxylic acids is 1. The van der Waals surface area contributed by atoms with Crippen molar-refractivity contribution in [2.45, 2.75) is 64.4 Å². The molecule has 1 heterocycles. The molecule has 1 aromatic rings. The maximum Gasteiger partial charge on any atom is 0.349 e. The number of nitrogens with two attached hydrogens (primary N) is 1. The Morgan fingerprint density at radius 1 is 1.23 bits per heavy atom. The number of thiophene rings is 1. The number of carbonyl (C=O) groups is 2. The first-order chi connectivity index (χ1) is 10.2. The lowest BCUT2D eigenvalue weighted by molar-refractivity contribution is 0.00734. The van der Waals surface area contributed by atoms with E-state index in [4.69, 9.17) is 10.5 Å². The van der Waals surface area contributed by atoms with Crippen molar-refractivity contribution < 1.29 is 19.4 Å². The van der Waals surface area contributed by atoms with Gasteiger partial charge in [0.1, 0.15) is 15.5 Å². The second kappa shape index (κ2) is 6.28. The highest BCUT2D eigenvalue weighted by Crippen LogP contribution is 2.43. The van der Waals surface area contributed by atoms with Crippen LogP contribution in [0.25, 0.3) is 0 Å². The summed E-state index contributed by atoms with van der Waals surface area (Å²) in [5, 5.41) is 9.67. The molecule has 0 saturated heterocycles. The summed E-state index contributed by atoms with van der Waals surface area (Å²) >= 11 is 1.03. The van der Waals surface area contributed by atoms with Crippen molar-refractivity contribution in [2.75, 3.05) is 5.73 Å². The van der Waals surface area contributed by atoms with Crippen molar-refractivity contribution in [1.82, 2.24) is 0 Å². The highest BCUT2D eigenvalue weighted by Gasteiger charge is 2.33. The smallest absolute Gasteiger partial charge is 0.349 e. The normalized spacial score (nSPS) is 16.5. The van der Waals surface area contributed by atoms with Crippen LogP contribution in [0.4, 0.5) is 5.00 Å². The first kappa shape index (κ1) is 16.8. The molecule has 0 bridgehead atoms. The van der Waals surface area contributed by atoms with Crippen LogP contribution < -0.4 is 5.73 Å². The number of hydrogen-bond acceptors (Lipinski definition) is 5. The first-order valence-electron chi connectivity index (χ1n) is 7.59. The number of esters is 1. The maximum absolute atomic E-state index is 12.5. The van der Waals surface area contributed by atoms with Crippen LogP contribution >= 0.6 is 11.3 Å². The zero-order valence-corrected chi connectivity index (χ0v) is 14.1. The van der Waals surface area contributed by atoms with Gasteiger partial charge in [0.25, 0.3) is 0 Å². The lowest BCUT2D eigenvalue weighted by Gasteiger charge is -2.24. The Kier molecular flexibility index (Phi) is 4.80. The lowest BCUT2D eigenvalue weighted by atomic mass is 9.82. The summed E-state index contributed by atoms with van der Waals surface area (Å²) in [6, 6.07) is 0. The average molecular weight is 325 g/mol. The van der Waals surface area contributed by atoms with Gasteiger partial charge in [-0.15, -0.1) is 11.3 Å². The molecule has 0 aromatic carbocycles. The van der Waals surface area contributed by atoms with Crippen molar-refractivity contribution in [3.63, 3.8) is 0 Å². The van der Waals surface area contributed by atoms with Gasteiger partial charge in [0.2, 0.25) is 0 Å². The minimum Gasteiger partial charge on any atom is -0.478 e. The Balaban J connectivity index is 2.46. The predicted octanol–water partition coefficient (Wildman–Crippen LogP) is 4.03. The number of carboxylic acids is 1. The summed E-state index contributed by atoms with van der Waals surface area (Å²) in [6.07, 6.45) is 5.04. The molecule has 1 aromatic heterocycles. The standard InChI is InChI=1S/C16H23NO4S/c1-16(2,3)21-15(20)12-10(9-7-5-4-6-8-9)11(14(18)19)13(17)22-12/h9H,4-8,17H2,1-3H3,(H,18,19). The topological polar surface area (TPSA) is 89.6 Å². The highest BCUT2D eigenvalue weighted by atomic mass is 32.1. The van der Waals surface area contributed by atoms with Crippen molar-refractivity contribution in [1.29, 1.82) is 0 Å². The Labute approximate surface area is 134 Å². The lowest BCUT2D eigenvalue weighted by Crippen LogP contribution is -2.24. The van der Waals surface area contributed by atoms with Crippen LogP contribution in [-0.2, 0) is 4.74 Å². The van der Waals surface area contributed by atoms with Gasteiger partial charge in [0.05, 0.1) is 5.56 Å². The third-order valence-electron chi connectivity index (χ3n) is 3.78. The van der Waals surface area contributed by atoms with Crippen molar-refractivity contribution in [3.05, 3.63) is 16.0 Å². The zero-order valence-electron chi connectivity index (χ0n) is 13.3. The van der Waals surface area contributed by atoms with E-state index in [1.807, 2.05) is 0 Å². The van der Waals surface area contributed by atoms with Gasteiger partial charge >= 0.3 is 11.9 Å². The van der Waals surface area contributed by atoms with Crippen LogP contribution in [0.15, 0.2) is 0 Å². The van der Waals surface area contributed by atoms with E-state index in [1.54, 1.807) is 20.8 Å². The average Bonchev–Trinajstić information content (AvgIpc) is 2.75. The van der Waals surface area contributed by atoms with Crippen LogP contribution in [-0.4, -0.2) is 22.6 Å². The minimum absolute atomic E-state index is 0.0796. The van der Waals surface area contributed by atoms with Crippen LogP contribution in [0.3, 0.4) is 0 Å². The molecule has 122 valence electrons. The largest absolute Gasteiger partial charge is 0.478 e. The SMILES string of the molecule is CC(C)(C)OC(=O)c1sc(N)c(C(=O)O)c1C1CCCCC1. The third kappa shape index (κ3) is 3.61. The first-order valence-corrected chi connectivity index (χ1v) is 8.41. The second-order valence-corrected chi connectivity index (χ2v) is 7.78. The molecule has 1 fully saturated rings. The van der Waals surface area contributed by atoms with Gasteiger partial charge in [-0.05, 0) is 45.1 Å². The molecule has 0 radical (unpaired) electrons. The van der Waals surface area contributed by atoms with E-state index in [0.29, 0.717) is 10.4 Å². The Hall–Kier alpha value is -1.56. The van der Waals surface area contributed by atoms with E-state index < -0.39 is 17.5 Å². The number of carboxylic acid groups (broad SMARTS) is 1. The van der Waals surface area contributed by atoms with Crippen LogP contribution in [0, 0.1) is 0 Å². The summed E-state index contributed by atoms with van der Waals surface area (Å²) in [5.41, 5.74) is 5.94. The third-order valence-corrected chi connectivity index (χ3v) is 4.80. The molecule has 1 aliphatic carbocycles. The molecule has 0 atom stereocenters. The number of ether oxygens (including phenoxy) is 1. The highest BCUT2D eigenvalue weighted by molar-refractivity contribution is 7.18. The number of rotatable bonds is 3. The second-order valence-electron chi connectivity index (χ2n) is 6.73. The van der Waals surface area contributed by atoms with Crippen molar-refractivity contribution in [2.24, 2.45) is 0 Å². The van der Waals surface area contributed by atoms with Crippen LogP contribution in [0.5, 0.6) is 0 Å². The number of nitrogen functional groups attached to an aromatic ring is 1. The summed E-state index contributed by atoms with van der Waals surface area (Å²) in [5.74, 6) is -1.46. The summed E-state index contributed by atoms with van der Waals surface area (Å²) in [4.78, 5) is 24.4. The zero-order chi connectivity index (χ0) is 16.5. The minimum atomic E-state index is -1.07. The molecular weight excluding hydrogens is 302 g/mol. The molecule has 0 aliphatic heterocycles. The molecule has 6 heteroatoms. The van der Waals surface area contributed by atoms with Gasteiger partial charge in [0, 0.05) is 0 Å². The maximum atomic E-state index is 12.5. The fourth-order valence-corrected chi connectivity index (χ4v) is 3.96. The monoisotopic (exact) mass is 325 g/mol. The van der Waals surface area contributed by atoms with Gasteiger partial charge in [-0.2, -0.15) is 0 Å². The van der Waals surface area contributed by atoms with Gasteiger partial charge in [0.15, 0.2) is 0 Å². The number of aromatic carboxylic acids is 1. The van der Waals surface area contributed by atoms with E-state index in [1.165, 1.54) is 0 Å². The van der Waals surface area contributed by atoms with Gasteiger partial charge in [-0.3, -0.25) is 0 Å². The number of anilines is 1. The molecule has 0 unspecified atom stereocenters. The summed E-state index contributed by atoms with van der Waals surface area (Å²) < 4.78 is 5.43. The summed E-state index contributed by atoms with van der Waals surface area (Å²) in [7, 11) is 0. The van der Waals surface area contributed by atoms with Crippen LogP contribution in [0.1, 0.15) is 84.4 Å². The van der Waals surface area contributed by atoms with E-state index in [0.717, 1.165) is 43.4 Å². The fraction of sp³-hybridized carbons (Fsp3) is 0.625. The molecule has 3 N–H and O–H groups in total. The predicted molar refractivity (Wildman–Crippen MR) is 86.7 cm³/mol. The van der Waals surface area contributed by atoms with Gasteiger partial charge < -0.3 is 15.6 Å². The summed E-state index contributed by atoms with van der Waals surface area (Å²) in [6.45, 7) is 5.38. The van der Waals surface area contributed by atoms with Gasteiger partial charge in [-0.25, -0.2) is 9.59 Å². The van der Waals surface area contributed by atoms with Crippen molar-refractivity contribution >= 4 is 28.3 Å². The Morgan fingerprint density at radius 3 is 2.32 bits per heavy atom. The Morgan fingerprint density at radius 2 is 1.82 bits per heavy atom. The molecule has 1 saturated carbocycles. The molecule has 1 aliphatic rings. The molecule has 2 rings (SSSR count). The van der Waals surface area contributed by atoms with E-state index >= 15 is 0 Å². The molecule has 5 nitrogen and oxygen atoms in total. The number of hydrogen-bond donors (Lipinski definition) is 2. The van der Waals surface area contributed by atoms with Gasteiger partial charge in [-0.1, -0.05) is 19.3 Å². The van der Waals surface area contributed by atoms with E-state index in [-0.39, 0.29) is 16.5 Å². The van der Waals surface area contributed by atoms with E-state index in [9.17, 15) is 14.7 Å². The van der Waals surface area contributed by atoms with Crippen molar-refractivity contribution in [3.8, 4) is 0 Å². The Bertz CT molecular complexity index is 580. The fourth-order valence-electron chi connectivity index (χ4n) is 2.94. The molecule has 22 heavy (non-hydrogen) atoms. The van der Waals surface area contributed by atoms with Crippen LogP contribution in [0.2, 0.25) is 0 Å². The molecular formula is C16H23NO4S. The quantitative estimate of drug-likeness (QED) is 0.819. The molecule has 0 amide bonds. The van der Waals surface area contributed by atoms with E-state index in [2.05, 4.69) is 0 Å². The molecule has 0 spiro atoms.